The maximum absolute atomic E-state index is 12.3. The zero-order valence-corrected chi connectivity index (χ0v) is 13.1. The van der Waals surface area contributed by atoms with E-state index >= 15 is 0 Å². The first-order valence-corrected chi connectivity index (χ1v) is 7.66. The van der Waals surface area contributed by atoms with Crippen LogP contribution in [0.4, 0.5) is 5.69 Å². The molecule has 120 valence electrons. The Morgan fingerprint density at radius 1 is 1.35 bits per heavy atom. The number of amides is 1. The molecule has 2 N–H and O–H groups in total. The minimum atomic E-state index is -1.03. The summed E-state index contributed by atoms with van der Waals surface area (Å²) in [6.07, 6.45) is 2.42. The molecule has 0 radical (unpaired) electrons. The molecule has 0 aliphatic heterocycles. The third kappa shape index (κ3) is 3.26. The highest BCUT2D eigenvalue weighted by Gasteiger charge is 2.30. The van der Waals surface area contributed by atoms with Gasteiger partial charge in [-0.3, -0.25) is 9.48 Å². The summed E-state index contributed by atoms with van der Waals surface area (Å²) in [7, 11) is 0. The molecule has 1 aliphatic carbocycles. The largest absolute Gasteiger partial charge is 0.478 e. The Morgan fingerprint density at radius 2 is 2.09 bits per heavy atom. The van der Waals surface area contributed by atoms with E-state index in [0.717, 1.165) is 5.69 Å². The highest BCUT2D eigenvalue weighted by Crippen LogP contribution is 2.39. The van der Waals surface area contributed by atoms with Crippen LogP contribution in [0.5, 0.6) is 0 Å². The molecule has 1 saturated carbocycles. The van der Waals surface area contributed by atoms with Gasteiger partial charge in [-0.15, -0.1) is 0 Å². The fraction of sp³-hybridized carbons (Fsp3) is 0.353. The SMILES string of the molecule is Cc1cc(C(=O)Nc2cccc(C(=O)O)c2)nn1C(C)C1CC1. The molecule has 1 aliphatic rings. The van der Waals surface area contributed by atoms with E-state index in [2.05, 4.69) is 17.3 Å². The van der Waals surface area contributed by atoms with Gasteiger partial charge < -0.3 is 10.4 Å². The molecule has 3 rings (SSSR count). The molecule has 1 fully saturated rings. The molecule has 1 heterocycles. The number of aromatic carboxylic acids is 1. The van der Waals surface area contributed by atoms with Crippen molar-refractivity contribution >= 4 is 17.6 Å². The number of aryl methyl sites for hydroxylation is 1. The van der Waals surface area contributed by atoms with Gasteiger partial charge in [0.25, 0.3) is 5.91 Å². The van der Waals surface area contributed by atoms with E-state index < -0.39 is 5.97 Å². The van der Waals surface area contributed by atoms with E-state index in [4.69, 9.17) is 5.11 Å². The van der Waals surface area contributed by atoms with Gasteiger partial charge in [0.1, 0.15) is 0 Å². The van der Waals surface area contributed by atoms with E-state index in [1.54, 1.807) is 18.2 Å². The van der Waals surface area contributed by atoms with Crippen molar-refractivity contribution in [2.45, 2.75) is 32.7 Å². The number of carboxylic acid groups (broad SMARTS) is 1. The molecular formula is C17H19N3O3. The van der Waals surface area contributed by atoms with Gasteiger partial charge >= 0.3 is 5.97 Å². The summed E-state index contributed by atoms with van der Waals surface area (Å²) in [6.45, 7) is 4.06. The lowest BCUT2D eigenvalue weighted by atomic mass is 10.2. The third-order valence-electron chi connectivity index (χ3n) is 4.21. The van der Waals surface area contributed by atoms with E-state index in [0.29, 0.717) is 23.3 Å². The highest BCUT2D eigenvalue weighted by molar-refractivity contribution is 6.03. The molecule has 6 heteroatoms. The van der Waals surface area contributed by atoms with Crippen LogP contribution < -0.4 is 5.32 Å². The Bertz CT molecular complexity index is 762. The van der Waals surface area contributed by atoms with Gasteiger partial charge in [-0.05, 0) is 56.9 Å². The molecule has 1 atom stereocenters. The summed E-state index contributed by atoms with van der Waals surface area (Å²) in [5.74, 6) is -0.714. The smallest absolute Gasteiger partial charge is 0.335 e. The lowest BCUT2D eigenvalue weighted by molar-refractivity contribution is 0.0696. The number of nitrogens with one attached hydrogen (secondary N) is 1. The predicted molar refractivity (Wildman–Crippen MR) is 85.8 cm³/mol. The summed E-state index contributed by atoms with van der Waals surface area (Å²) in [6, 6.07) is 8.21. The number of carboxylic acids is 1. The second-order valence-corrected chi connectivity index (χ2v) is 6.03. The molecule has 0 saturated heterocycles. The van der Waals surface area contributed by atoms with Crippen LogP contribution in [0.1, 0.15) is 52.3 Å². The second-order valence-electron chi connectivity index (χ2n) is 6.03. The van der Waals surface area contributed by atoms with Gasteiger partial charge in [-0.2, -0.15) is 5.10 Å². The van der Waals surface area contributed by atoms with E-state index in [1.807, 2.05) is 11.6 Å². The van der Waals surface area contributed by atoms with Crippen LogP contribution in [0.2, 0.25) is 0 Å². The summed E-state index contributed by atoms with van der Waals surface area (Å²) in [4.78, 5) is 23.3. The van der Waals surface area contributed by atoms with Crippen molar-refractivity contribution in [2.75, 3.05) is 5.32 Å². The first-order chi connectivity index (χ1) is 11.0. The average molecular weight is 313 g/mol. The van der Waals surface area contributed by atoms with Gasteiger partial charge in [0.15, 0.2) is 5.69 Å². The number of carbonyl (C=O) groups is 2. The molecule has 1 unspecified atom stereocenters. The minimum absolute atomic E-state index is 0.131. The maximum Gasteiger partial charge on any atom is 0.335 e. The Morgan fingerprint density at radius 3 is 2.74 bits per heavy atom. The van der Waals surface area contributed by atoms with E-state index in [9.17, 15) is 9.59 Å². The first-order valence-electron chi connectivity index (χ1n) is 7.66. The van der Waals surface area contributed by atoms with Crippen LogP contribution in [-0.4, -0.2) is 26.8 Å². The normalized spacial score (nSPS) is 15.2. The van der Waals surface area contributed by atoms with Gasteiger partial charge in [0.05, 0.1) is 11.6 Å². The van der Waals surface area contributed by atoms with Crippen molar-refractivity contribution in [1.29, 1.82) is 0 Å². The quantitative estimate of drug-likeness (QED) is 0.888. The van der Waals surface area contributed by atoms with Crippen LogP contribution in [-0.2, 0) is 0 Å². The standard InChI is InChI=1S/C17H19N3O3/c1-10-8-15(19-20(10)11(2)12-6-7-12)16(21)18-14-5-3-4-13(9-14)17(22)23/h3-5,8-9,11-12H,6-7H2,1-2H3,(H,18,21)(H,22,23). The summed E-state index contributed by atoms with van der Waals surface area (Å²) in [5, 5.41) is 16.1. The van der Waals surface area contributed by atoms with Crippen molar-refractivity contribution in [1.82, 2.24) is 9.78 Å². The zero-order chi connectivity index (χ0) is 16.6. The summed E-state index contributed by atoms with van der Waals surface area (Å²) >= 11 is 0. The second kappa shape index (κ2) is 5.87. The monoisotopic (exact) mass is 313 g/mol. The fourth-order valence-electron chi connectivity index (χ4n) is 2.71. The van der Waals surface area contributed by atoms with Crippen molar-refractivity contribution in [2.24, 2.45) is 5.92 Å². The lowest BCUT2D eigenvalue weighted by Crippen LogP contribution is -2.15. The van der Waals surface area contributed by atoms with Crippen molar-refractivity contribution in [3.8, 4) is 0 Å². The molecule has 2 aromatic rings. The van der Waals surface area contributed by atoms with Gasteiger partial charge in [-0.1, -0.05) is 6.07 Å². The summed E-state index contributed by atoms with van der Waals surface area (Å²) in [5.41, 5.74) is 1.87. The Labute approximate surface area is 134 Å². The third-order valence-corrected chi connectivity index (χ3v) is 4.21. The maximum atomic E-state index is 12.3. The molecule has 0 bridgehead atoms. The van der Waals surface area contributed by atoms with Crippen LogP contribution >= 0.6 is 0 Å². The lowest BCUT2D eigenvalue weighted by Gasteiger charge is -2.12. The number of nitrogens with zero attached hydrogens (tertiary/aromatic N) is 2. The summed E-state index contributed by atoms with van der Waals surface area (Å²) < 4.78 is 1.90. The van der Waals surface area contributed by atoms with Crippen LogP contribution in [0, 0.1) is 12.8 Å². The Hall–Kier alpha value is -2.63. The molecule has 6 nitrogen and oxygen atoms in total. The van der Waals surface area contributed by atoms with Crippen LogP contribution in [0.3, 0.4) is 0 Å². The molecule has 23 heavy (non-hydrogen) atoms. The van der Waals surface area contributed by atoms with Crippen LogP contribution in [0.15, 0.2) is 30.3 Å². The van der Waals surface area contributed by atoms with Gasteiger partial charge in [-0.25, -0.2) is 4.79 Å². The first kappa shape index (κ1) is 15.3. The number of carbonyl (C=O) groups excluding carboxylic acids is 1. The van der Waals surface area contributed by atoms with E-state index in [-0.39, 0.29) is 11.5 Å². The number of aromatic nitrogens is 2. The van der Waals surface area contributed by atoms with Crippen molar-refractivity contribution in [3.05, 3.63) is 47.3 Å². The topological polar surface area (TPSA) is 84.2 Å². The Kier molecular flexibility index (Phi) is 3.90. The van der Waals surface area contributed by atoms with E-state index in [1.165, 1.54) is 25.0 Å². The zero-order valence-electron chi connectivity index (χ0n) is 13.1. The molecular weight excluding hydrogens is 294 g/mol. The Balaban J connectivity index is 1.77. The van der Waals surface area contributed by atoms with Crippen LogP contribution in [0.25, 0.3) is 0 Å². The fourth-order valence-corrected chi connectivity index (χ4v) is 2.71. The molecule has 1 aromatic carbocycles. The van der Waals surface area contributed by atoms with Gasteiger partial charge in [0, 0.05) is 11.4 Å². The number of benzene rings is 1. The number of rotatable bonds is 5. The highest BCUT2D eigenvalue weighted by atomic mass is 16.4. The number of hydrogen-bond acceptors (Lipinski definition) is 3. The van der Waals surface area contributed by atoms with Crippen molar-refractivity contribution in [3.63, 3.8) is 0 Å². The number of hydrogen-bond donors (Lipinski definition) is 2. The average Bonchev–Trinajstić information content (AvgIpc) is 3.29. The molecule has 1 amide bonds. The van der Waals surface area contributed by atoms with Crippen molar-refractivity contribution < 1.29 is 14.7 Å². The molecule has 0 spiro atoms. The minimum Gasteiger partial charge on any atom is -0.478 e. The number of anilines is 1. The van der Waals surface area contributed by atoms with Gasteiger partial charge in [0.2, 0.25) is 0 Å². The predicted octanol–water partition coefficient (Wildman–Crippen LogP) is 3.11. The molecule has 1 aromatic heterocycles.